The second-order valence-corrected chi connectivity index (χ2v) is 9.89. The number of nitrogens with zero attached hydrogens (tertiary/aromatic N) is 4. The number of hydrogen-bond donors (Lipinski definition) is 0. The minimum atomic E-state index is -3.59. The van der Waals surface area contributed by atoms with Crippen molar-refractivity contribution in [3.63, 3.8) is 0 Å². The second-order valence-electron chi connectivity index (χ2n) is 7.74. The molecule has 0 aromatic heterocycles. The fourth-order valence-corrected chi connectivity index (χ4v) is 4.83. The van der Waals surface area contributed by atoms with Crippen LogP contribution in [-0.4, -0.2) is 88.3 Å². The van der Waals surface area contributed by atoms with Crippen molar-refractivity contribution in [3.8, 4) is 0 Å². The van der Waals surface area contributed by atoms with Gasteiger partial charge in [0.1, 0.15) is 0 Å². The number of carbonyl (C=O) groups is 1. The van der Waals surface area contributed by atoms with E-state index >= 15 is 0 Å². The number of anilines is 1. The van der Waals surface area contributed by atoms with Gasteiger partial charge in [0.25, 0.3) is 5.91 Å². The molecule has 3 rings (SSSR count). The summed E-state index contributed by atoms with van der Waals surface area (Å²) in [4.78, 5) is 20.0. The first-order valence-corrected chi connectivity index (χ1v) is 11.6. The number of likely N-dealkylation sites (N-methyl/N-ethyl adjacent to an activating group) is 1. The summed E-state index contributed by atoms with van der Waals surface area (Å²) in [6, 6.07) is 5.02. The molecule has 0 unspecified atom stereocenters. The Hall–Kier alpha value is -1.64. The summed E-state index contributed by atoms with van der Waals surface area (Å²) in [5.74, 6) is -0.0628. The Morgan fingerprint density at radius 3 is 2.21 bits per heavy atom. The molecule has 2 heterocycles. The van der Waals surface area contributed by atoms with Gasteiger partial charge in [-0.25, -0.2) is 12.7 Å². The van der Waals surface area contributed by atoms with Crippen LogP contribution in [0.15, 0.2) is 23.1 Å². The Bertz CT molecular complexity index is 796. The largest absolute Gasteiger partial charge is 0.371 e. The lowest BCUT2D eigenvalue weighted by atomic mass is 10.1. The molecule has 1 aromatic carbocycles. The van der Waals surface area contributed by atoms with Crippen LogP contribution in [0.4, 0.5) is 5.69 Å². The van der Waals surface area contributed by atoms with Crippen LogP contribution in [0.2, 0.25) is 0 Å². The zero-order chi connectivity index (χ0) is 20.3. The zero-order valence-corrected chi connectivity index (χ0v) is 18.0. The van der Waals surface area contributed by atoms with Gasteiger partial charge in [0.2, 0.25) is 10.0 Å². The van der Waals surface area contributed by atoms with Crippen molar-refractivity contribution < 1.29 is 13.2 Å². The summed E-state index contributed by atoms with van der Waals surface area (Å²) in [5.41, 5.74) is 1.37. The van der Waals surface area contributed by atoms with E-state index < -0.39 is 10.0 Å². The van der Waals surface area contributed by atoms with Crippen LogP contribution in [0.1, 0.15) is 36.5 Å². The SMILES string of the molecule is CCN1CCN(C(=O)c2cc(S(=O)(=O)N(C)C)ccc2N2CCCCC2)CC1. The third-order valence-electron chi connectivity index (χ3n) is 5.78. The van der Waals surface area contributed by atoms with E-state index in [0.29, 0.717) is 18.7 Å². The van der Waals surface area contributed by atoms with Crippen molar-refractivity contribution in [1.29, 1.82) is 0 Å². The minimum Gasteiger partial charge on any atom is -0.371 e. The lowest BCUT2D eigenvalue weighted by Gasteiger charge is -2.36. The van der Waals surface area contributed by atoms with Gasteiger partial charge in [0, 0.05) is 59.1 Å². The summed E-state index contributed by atoms with van der Waals surface area (Å²) in [7, 11) is -0.562. The molecule has 0 saturated carbocycles. The van der Waals surface area contributed by atoms with Crippen molar-refractivity contribution >= 4 is 21.6 Å². The van der Waals surface area contributed by atoms with E-state index in [0.717, 1.165) is 51.3 Å². The molecule has 2 saturated heterocycles. The number of amides is 1. The summed E-state index contributed by atoms with van der Waals surface area (Å²) in [5, 5.41) is 0. The fourth-order valence-electron chi connectivity index (χ4n) is 3.91. The molecule has 0 spiro atoms. The summed E-state index contributed by atoms with van der Waals surface area (Å²) in [6.07, 6.45) is 3.40. The number of hydrogen-bond acceptors (Lipinski definition) is 5. The standard InChI is InChI=1S/C20H32N4O3S/c1-4-22-12-14-24(15-13-22)20(25)18-16-17(28(26,27)21(2)3)8-9-19(18)23-10-6-5-7-11-23/h8-9,16H,4-7,10-15H2,1-3H3. The molecule has 7 nitrogen and oxygen atoms in total. The molecule has 0 aliphatic carbocycles. The number of sulfonamides is 1. The normalized spacial score (nSPS) is 19.3. The van der Waals surface area contributed by atoms with E-state index in [1.807, 2.05) is 11.0 Å². The third kappa shape index (κ3) is 4.34. The van der Waals surface area contributed by atoms with Crippen LogP contribution >= 0.6 is 0 Å². The Labute approximate surface area is 168 Å². The molecule has 2 aliphatic rings. The number of piperazine rings is 1. The molecule has 1 amide bonds. The molecule has 0 N–H and O–H groups in total. The van der Waals surface area contributed by atoms with Gasteiger partial charge >= 0.3 is 0 Å². The summed E-state index contributed by atoms with van der Waals surface area (Å²) in [6.45, 7) is 7.99. The Morgan fingerprint density at radius 2 is 1.64 bits per heavy atom. The Morgan fingerprint density at radius 1 is 1.00 bits per heavy atom. The van der Waals surface area contributed by atoms with Gasteiger partial charge < -0.3 is 14.7 Å². The zero-order valence-electron chi connectivity index (χ0n) is 17.2. The first kappa shape index (κ1) is 21.1. The molecule has 0 radical (unpaired) electrons. The predicted molar refractivity (Wildman–Crippen MR) is 111 cm³/mol. The van der Waals surface area contributed by atoms with Crippen molar-refractivity contribution in [2.45, 2.75) is 31.1 Å². The highest BCUT2D eigenvalue weighted by molar-refractivity contribution is 7.89. The highest BCUT2D eigenvalue weighted by atomic mass is 32.2. The number of rotatable bonds is 5. The van der Waals surface area contributed by atoms with Crippen LogP contribution in [0.3, 0.4) is 0 Å². The molecule has 1 aromatic rings. The maximum Gasteiger partial charge on any atom is 0.256 e. The Kier molecular flexibility index (Phi) is 6.62. The van der Waals surface area contributed by atoms with Crippen LogP contribution in [-0.2, 0) is 10.0 Å². The van der Waals surface area contributed by atoms with E-state index in [9.17, 15) is 13.2 Å². The second kappa shape index (κ2) is 8.80. The maximum atomic E-state index is 13.4. The molecular formula is C20H32N4O3S. The van der Waals surface area contributed by atoms with Gasteiger partial charge in [0.05, 0.1) is 10.5 Å². The van der Waals surface area contributed by atoms with Crippen molar-refractivity contribution in [2.24, 2.45) is 0 Å². The highest BCUT2D eigenvalue weighted by Gasteiger charge is 2.28. The van der Waals surface area contributed by atoms with E-state index in [1.165, 1.54) is 24.8 Å². The molecule has 2 aliphatic heterocycles. The molecule has 8 heteroatoms. The predicted octanol–water partition coefficient (Wildman–Crippen LogP) is 1.70. The van der Waals surface area contributed by atoms with Crippen LogP contribution < -0.4 is 4.90 Å². The van der Waals surface area contributed by atoms with Gasteiger partial charge in [-0.1, -0.05) is 6.92 Å². The maximum absolute atomic E-state index is 13.4. The quantitative estimate of drug-likeness (QED) is 0.742. The smallest absolute Gasteiger partial charge is 0.256 e. The summed E-state index contributed by atoms with van der Waals surface area (Å²) < 4.78 is 26.5. The Balaban J connectivity index is 1.96. The van der Waals surface area contributed by atoms with E-state index in [4.69, 9.17) is 0 Å². The first-order chi connectivity index (χ1) is 13.3. The lowest BCUT2D eigenvalue weighted by Crippen LogP contribution is -2.48. The van der Waals surface area contributed by atoms with Gasteiger partial charge in [-0.3, -0.25) is 4.79 Å². The van der Waals surface area contributed by atoms with E-state index in [2.05, 4.69) is 16.7 Å². The number of carbonyl (C=O) groups excluding carboxylic acids is 1. The van der Waals surface area contributed by atoms with Crippen molar-refractivity contribution in [2.75, 3.05) is 64.8 Å². The topological polar surface area (TPSA) is 64.2 Å². The van der Waals surface area contributed by atoms with Gasteiger partial charge in [-0.15, -0.1) is 0 Å². The molecule has 156 valence electrons. The van der Waals surface area contributed by atoms with Crippen LogP contribution in [0, 0.1) is 0 Å². The highest BCUT2D eigenvalue weighted by Crippen LogP contribution is 2.29. The molecular weight excluding hydrogens is 376 g/mol. The fraction of sp³-hybridized carbons (Fsp3) is 0.650. The monoisotopic (exact) mass is 408 g/mol. The average molecular weight is 409 g/mol. The molecule has 28 heavy (non-hydrogen) atoms. The molecule has 0 atom stereocenters. The van der Waals surface area contributed by atoms with Gasteiger partial charge in [-0.05, 0) is 44.0 Å². The molecule has 0 bridgehead atoms. The van der Waals surface area contributed by atoms with Crippen molar-refractivity contribution in [1.82, 2.24) is 14.1 Å². The lowest BCUT2D eigenvalue weighted by molar-refractivity contribution is 0.0643. The number of piperidine rings is 1. The van der Waals surface area contributed by atoms with Crippen LogP contribution in [0.25, 0.3) is 0 Å². The average Bonchev–Trinajstić information content (AvgIpc) is 2.73. The van der Waals surface area contributed by atoms with Gasteiger partial charge in [0.15, 0.2) is 0 Å². The van der Waals surface area contributed by atoms with Crippen LogP contribution in [0.5, 0.6) is 0 Å². The number of benzene rings is 1. The molecule has 2 fully saturated rings. The van der Waals surface area contributed by atoms with E-state index in [-0.39, 0.29) is 10.8 Å². The van der Waals surface area contributed by atoms with E-state index in [1.54, 1.807) is 12.1 Å². The minimum absolute atomic E-state index is 0.0628. The van der Waals surface area contributed by atoms with Crippen molar-refractivity contribution in [3.05, 3.63) is 23.8 Å². The first-order valence-electron chi connectivity index (χ1n) is 10.2. The summed E-state index contributed by atoms with van der Waals surface area (Å²) >= 11 is 0. The third-order valence-corrected chi connectivity index (χ3v) is 7.59. The van der Waals surface area contributed by atoms with Gasteiger partial charge in [-0.2, -0.15) is 0 Å².